The van der Waals surface area contributed by atoms with E-state index in [1.807, 2.05) is 11.3 Å². The number of nitrogens with zero attached hydrogens (tertiary/aromatic N) is 1. The molecule has 9 aromatic rings. The van der Waals surface area contributed by atoms with Crippen molar-refractivity contribution in [1.29, 1.82) is 0 Å². The van der Waals surface area contributed by atoms with Crippen LogP contribution in [-0.4, -0.2) is 4.57 Å². The Morgan fingerprint density at radius 2 is 1.12 bits per heavy atom. The van der Waals surface area contributed by atoms with Gasteiger partial charge in [0.15, 0.2) is 0 Å². The highest BCUT2D eigenvalue weighted by Gasteiger charge is 2.17. The molecule has 0 aliphatic carbocycles. The van der Waals surface area contributed by atoms with E-state index >= 15 is 0 Å². The molecule has 0 N–H and O–H groups in total. The van der Waals surface area contributed by atoms with Crippen molar-refractivity contribution in [3.63, 3.8) is 0 Å². The Bertz CT molecular complexity index is 2420. The second-order valence-corrected chi connectivity index (χ2v) is 11.6. The number of aromatic nitrogens is 1. The number of benzene rings is 7. The fourth-order valence-corrected chi connectivity index (χ4v) is 7.82. The minimum Gasteiger partial charge on any atom is -0.309 e. The third kappa shape index (κ3) is 3.03. The summed E-state index contributed by atoms with van der Waals surface area (Å²) >= 11 is 1.89. The molecule has 0 unspecified atom stereocenters. The molecule has 0 spiro atoms. The Labute approximate surface area is 235 Å². The zero-order chi connectivity index (χ0) is 26.2. The molecule has 1 nitrogen and oxygen atoms in total. The summed E-state index contributed by atoms with van der Waals surface area (Å²) in [6.45, 7) is 0. The Morgan fingerprint density at radius 3 is 1.98 bits per heavy atom. The maximum atomic E-state index is 2.46. The summed E-state index contributed by atoms with van der Waals surface area (Å²) in [5.74, 6) is 0. The summed E-state index contributed by atoms with van der Waals surface area (Å²) in [6.07, 6.45) is 0. The van der Waals surface area contributed by atoms with Crippen LogP contribution >= 0.6 is 11.3 Å². The van der Waals surface area contributed by atoms with Crippen LogP contribution in [0, 0.1) is 0 Å². The van der Waals surface area contributed by atoms with E-state index < -0.39 is 0 Å². The Morgan fingerprint density at radius 1 is 0.450 bits per heavy atom. The minimum absolute atomic E-state index is 1.18. The van der Waals surface area contributed by atoms with E-state index in [0.29, 0.717) is 0 Å². The predicted octanol–water partition coefficient (Wildman–Crippen LogP) is 11.1. The molecular weight excluding hydrogens is 502 g/mol. The SMILES string of the molecule is c1ccc2c(c1)ccc1c2c2ccc3ccccc3c2n1-c1ccc(-c2cccc3c2sc2ccccc23)cc1. The van der Waals surface area contributed by atoms with Crippen molar-refractivity contribution in [2.45, 2.75) is 0 Å². The van der Waals surface area contributed by atoms with Gasteiger partial charge < -0.3 is 4.57 Å². The second kappa shape index (κ2) is 8.29. The van der Waals surface area contributed by atoms with Crippen molar-refractivity contribution in [3.8, 4) is 16.8 Å². The molecule has 9 rings (SSSR count). The van der Waals surface area contributed by atoms with Crippen molar-refractivity contribution >= 4 is 74.9 Å². The zero-order valence-electron chi connectivity index (χ0n) is 21.6. The van der Waals surface area contributed by atoms with E-state index in [4.69, 9.17) is 0 Å². The third-order valence-corrected chi connectivity index (χ3v) is 9.60. The topological polar surface area (TPSA) is 4.93 Å². The molecule has 0 saturated carbocycles. The van der Waals surface area contributed by atoms with Crippen molar-refractivity contribution in [3.05, 3.63) is 140 Å². The predicted molar refractivity (Wildman–Crippen MR) is 174 cm³/mol. The highest BCUT2D eigenvalue weighted by Crippen LogP contribution is 2.42. The molecule has 40 heavy (non-hydrogen) atoms. The van der Waals surface area contributed by atoms with Gasteiger partial charge in [-0.3, -0.25) is 0 Å². The van der Waals surface area contributed by atoms with Crippen LogP contribution in [0.4, 0.5) is 0 Å². The Balaban J connectivity index is 1.32. The molecule has 0 aliphatic rings. The van der Waals surface area contributed by atoms with Gasteiger partial charge >= 0.3 is 0 Å². The molecule has 0 aliphatic heterocycles. The van der Waals surface area contributed by atoms with Crippen molar-refractivity contribution in [2.24, 2.45) is 0 Å². The summed E-state index contributed by atoms with van der Waals surface area (Å²) in [7, 11) is 0. The molecule has 7 aromatic carbocycles. The number of hydrogen-bond acceptors (Lipinski definition) is 1. The summed E-state index contributed by atoms with van der Waals surface area (Å²) in [5, 5.41) is 10.4. The van der Waals surface area contributed by atoms with Crippen LogP contribution in [0.15, 0.2) is 140 Å². The van der Waals surface area contributed by atoms with Gasteiger partial charge in [-0.05, 0) is 51.6 Å². The van der Waals surface area contributed by atoms with Crippen LogP contribution in [0.3, 0.4) is 0 Å². The largest absolute Gasteiger partial charge is 0.309 e. The molecule has 186 valence electrons. The normalized spacial score (nSPS) is 12.0. The number of fused-ring (bicyclic) bond motifs is 10. The Hall–Kier alpha value is -4.92. The fourth-order valence-electron chi connectivity index (χ4n) is 6.58. The molecule has 0 saturated heterocycles. The van der Waals surface area contributed by atoms with Crippen LogP contribution in [0.25, 0.3) is 80.3 Å². The smallest absolute Gasteiger partial charge is 0.0619 e. The van der Waals surface area contributed by atoms with Crippen LogP contribution in [0.2, 0.25) is 0 Å². The average molecular weight is 526 g/mol. The summed E-state index contributed by atoms with van der Waals surface area (Å²) in [6, 6.07) is 51.2. The lowest BCUT2D eigenvalue weighted by atomic mass is 10.0. The van der Waals surface area contributed by atoms with Gasteiger partial charge in [0.05, 0.1) is 11.0 Å². The maximum absolute atomic E-state index is 2.46. The summed E-state index contributed by atoms with van der Waals surface area (Å²) in [4.78, 5) is 0. The number of hydrogen-bond donors (Lipinski definition) is 0. The maximum Gasteiger partial charge on any atom is 0.0619 e. The monoisotopic (exact) mass is 525 g/mol. The lowest BCUT2D eigenvalue weighted by Crippen LogP contribution is -1.94. The van der Waals surface area contributed by atoms with Gasteiger partial charge in [0, 0.05) is 42.0 Å². The van der Waals surface area contributed by atoms with Crippen molar-refractivity contribution < 1.29 is 0 Å². The standard InChI is InChI=1S/C38H23NS/c1-3-10-28-24(8-1)19-23-34-36(28)33-22-18-25-9-2-4-11-29(25)37(33)39(34)27-20-16-26(17-21-27)30-13-7-14-32-31-12-5-6-15-35(31)40-38(30)32/h1-23H. The Kier molecular flexibility index (Phi) is 4.55. The van der Waals surface area contributed by atoms with Crippen molar-refractivity contribution in [1.82, 2.24) is 4.57 Å². The van der Waals surface area contributed by atoms with E-state index in [1.165, 1.54) is 80.3 Å². The van der Waals surface area contributed by atoms with Crippen LogP contribution in [0.5, 0.6) is 0 Å². The molecule has 2 aromatic heterocycles. The van der Waals surface area contributed by atoms with E-state index in [-0.39, 0.29) is 0 Å². The summed E-state index contributed by atoms with van der Waals surface area (Å²) < 4.78 is 5.15. The van der Waals surface area contributed by atoms with Gasteiger partial charge in [-0.25, -0.2) is 0 Å². The average Bonchev–Trinajstić information content (AvgIpc) is 3.57. The van der Waals surface area contributed by atoms with Gasteiger partial charge in [-0.15, -0.1) is 11.3 Å². The van der Waals surface area contributed by atoms with Gasteiger partial charge in [-0.2, -0.15) is 0 Å². The quantitative estimate of drug-likeness (QED) is 0.211. The van der Waals surface area contributed by atoms with Gasteiger partial charge in [0.2, 0.25) is 0 Å². The fraction of sp³-hybridized carbons (Fsp3) is 0. The number of thiophene rings is 1. The van der Waals surface area contributed by atoms with Crippen LogP contribution in [0.1, 0.15) is 0 Å². The molecule has 2 heterocycles. The first-order valence-electron chi connectivity index (χ1n) is 13.7. The number of rotatable bonds is 2. The molecular formula is C38H23NS. The van der Waals surface area contributed by atoms with E-state index in [1.54, 1.807) is 0 Å². The van der Waals surface area contributed by atoms with E-state index in [9.17, 15) is 0 Å². The molecule has 0 atom stereocenters. The third-order valence-electron chi connectivity index (χ3n) is 8.38. The molecule has 2 heteroatoms. The second-order valence-electron chi connectivity index (χ2n) is 10.5. The summed E-state index contributed by atoms with van der Waals surface area (Å²) in [5.41, 5.74) is 6.23. The first-order chi connectivity index (χ1) is 19.8. The van der Waals surface area contributed by atoms with E-state index in [2.05, 4.69) is 144 Å². The van der Waals surface area contributed by atoms with Crippen LogP contribution in [-0.2, 0) is 0 Å². The van der Waals surface area contributed by atoms with Gasteiger partial charge in [-0.1, -0.05) is 115 Å². The first-order valence-corrected chi connectivity index (χ1v) is 14.5. The van der Waals surface area contributed by atoms with E-state index in [0.717, 1.165) is 0 Å². The van der Waals surface area contributed by atoms with Crippen LogP contribution < -0.4 is 0 Å². The lowest BCUT2D eigenvalue weighted by molar-refractivity contribution is 1.19. The van der Waals surface area contributed by atoms with Gasteiger partial charge in [0.1, 0.15) is 0 Å². The molecule has 0 bridgehead atoms. The molecule has 0 radical (unpaired) electrons. The highest BCUT2D eigenvalue weighted by atomic mass is 32.1. The minimum atomic E-state index is 1.18. The highest BCUT2D eigenvalue weighted by molar-refractivity contribution is 7.26. The zero-order valence-corrected chi connectivity index (χ0v) is 22.5. The van der Waals surface area contributed by atoms with Gasteiger partial charge in [0.25, 0.3) is 0 Å². The molecule has 0 amide bonds. The lowest BCUT2D eigenvalue weighted by Gasteiger charge is -2.11. The molecule has 0 fully saturated rings. The first kappa shape index (κ1) is 22.0. The van der Waals surface area contributed by atoms with Crippen molar-refractivity contribution in [2.75, 3.05) is 0 Å².